The van der Waals surface area contributed by atoms with E-state index in [-0.39, 0.29) is 22.4 Å². The van der Waals surface area contributed by atoms with Crippen molar-refractivity contribution >= 4 is 22.6 Å². The highest BCUT2D eigenvalue weighted by Crippen LogP contribution is 2.19. The molecule has 0 spiro atoms. The van der Waals surface area contributed by atoms with E-state index in [1.165, 1.54) is 0 Å². The first kappa shape index (κ1) is 14.2. The van der Waals surface area contributed by atoms with Crippen molar-refractivity contribution < 1.29 is 14.7 Å². The number of nitrogens with one attached hydrogen (secondary N) is 1. The van der Waals surface area contributed by atoms with Gasteiger partial charge in [-0.1, -0.05) is 18.2 Å². The summed E-state index contributed by atoms with van der Waals surface area (Å²) in [5, 5.41) is 16.6. The molecule has 1 atom stereocenters. The predicted octanol–water partition coefficient (Wildman–Crippen LogP) is 0.936. The summed E-state index contributed by atoms with van der Waals surface area (Å²) < 4.78 is 1.02. The standard InChI is InChI=1S/C15H15N3O4/c19-13-11(7-3-4-8-16-13)18-14(20)10-6-2-1-5-9(10)12(17-18)15(21)22/h1-2,5-6,11H,3-4,7-8H2,(H,16,19)(H,21,22). The first-order chi connectivity index (χ1) is 10.6. The molecule has 2 aromatic rings. The molecule has 1 fully saturated rings. The Morgan fingerprint density at radius 1 is 1.23 bits per heavy atom. The van der Waals surface area contributed by atoms with Crippen LogP contribution in [0.15, 0.2) is 29.1 Å². The third-order valence-electron chi connectivity index (χ3n) is 3.83. The van der Waals surface area contributed by atoms with Crippen LogP contribution in [0.2, 0.25) is 0 Å². The molecule has 0 saturated carbocycles. The zero-order chi connectivity index (χ0) is 15.7. The molecule has 0 radical (unpaired) electrons. The van der Waals surface area contributed by atoms with Crippen molar-refractivity contribution in [3.8, 4) is 0 Å². The highest BCUT2D eigenvalue weighted by atomic mass is 16.4. The molecule has 1 saturated heterocycles. The van der Waals surface area contributed by atoms with Crippen LogP contribution in [0.3, 0.4) is 0 Å². The molecule has 22 heavy (non-hydrogen) atoms. The van der Waals surface area contributed by atoms with E-state index in [0.29, 0.717) is 13.0 Å². The van der Waals surface area contributed by atoms with E-state index in [9.17, 15) is 19.5 Å². The molecule has 114 valence electrons. The summed E-state index contributed by atoms with van der Waals surface area (Å²) in [6.45, 7) is 0.559. The molecule has 3 rings (SSSR count). The number of carbonyl (C=O) groups excluding carboxylic acids is 1. The second kappa shape index (κ2) is 5.59. The minimum atomic E-state index is -1.22. The van der Waals surface area contributed by atoms with Gasteiger partial charge < -0.3 is 10.4 Å². The fourth-order valence-corrected chi connectivity index (χ4v) is 2.73. The van der Waals surface area contributed by atoms with Crippen LogP contribution in [-0.2, 0) is 4.79 Å². The van der Waals surface area contributed by atoms with Crippen LogP contribution in [-0.4, -0.2) is 33.3 Å². The molecular weight excluding hydrogens is 286 g/mol. The molecule has 0 aliphatic carbocycles. The van der Waals surface area contributed by atoms with E-state index in [0.717, 1.165) is 17.5 Å². The largest absolute Gasteiger partial charge is 0.476 e. The maximum atomic E-state index is 12.6. The van der Waals surface area contributed by atoms with E-state index in [1.54, 1.807) is 24.3 Å². The lowest BCUT2D eigenvalue weighted by Gasteiger charge is -2.16. The summed E-state index contributed by atoms with van der Waals surface area (Å²) in [5.74, 6) is -1.52. The summed E-state index contributed by atoms with van der Waals surface area (Å²) in [6, 6.07) is 5.64. The number of rotatable bonds is 2. The van der Waals surface area contributed by atoms with Crippen LogP contribution >= 0.6 is 0 Å². The second-order valence-electron chi connectivity index (χ2n) is 5.25. The average molecular weight is 301 g/mol. The van der Waals surface area contributed by atoms with Gasteiger partial charge in [-0.15, -0.1) is 0 Å². The van der Waals surface area contributed by atoms with Crippen LogP contribution in [0.25, 0.3) is 10.8 Å². The van der Waals surface area contributed by atoms with Gasteiger partial charge in [0.1, 0.15) is 6.04 Å². The lowest BCUT2D eigenvalue weighted by atomic mass is 10.1. The Bertz CT molecular complexity index is 812. The number of carboxylic acids is 1. The van der Waals surface area contributed by atoms with E-state index in [2.05, 4.69) is 10.4 Å². The Hall–Kier alpha value is -2.70. The van der Waals surface area contributed by atoms with E-state index in [1.807, 2.05) is 0 Å². The average Bonchev–Trinajstić information content (AvgIpc) is 2.72. The molecule has 1 aliphatic heterocycles. The third-order valence-corrected chi connectivity index (χ3v) is 3.83. The van der Waals surface area contributed by atoms with Crippen molar-refractivity contribution in [2.45, 2.75) is 25.3 Å². The number of benzene rings is 1. The maximum Gasteiger partial charge on any atom is 0.357 e. The Balaban J connectivity index is 2.25. The van der Waals surface area contributed by atoms with Gasteiger partial charge in [0.15, 0.2) is 5.69 Å². The molecule has 0 bridgehead atoms. The quantitative estimate of drug-likeness (QED) is 0.859. The Kier molecular flexibility index (Phi) is 3.62. The summed E-state index contributed by atoms with van der Waals surface area (Å²) in [7, 11) is 0. The monoisotopic (exact) mass is 301 g/mol. The number of carboxylic acid groups (broad SMARTS) is 1. The Labute approximate surface area is 125 Å². The number of amides is 1. The Morgan fingerprint density at radius 3 is 2.68 bits per heavy atom. The van der Waals surface area contributed by atoms with Gasteiger partial charge >= 0.3 is 5.97 Å². The Morgan fingerprint density at radius 2 is 1.95 bits per heavy atom. The van der Waals surface area contributed by atoms with Gasteiger partial charge in [-0.05, 0) is 25.3 Å². The predicted molar refractivity (Wildman–Crippen MR) is 78.9 cm³/mol. The fraction of sp³-hybridized carbons (Fsp3) is 0.333. The fourth-order valence-electron chi connectivity index (χ4n) is 2.73. The smallest absolute Gasteiger partial charge is 0.357 e. The molecule has 1 aliphatic rings. The molecule has 1 unspecified atom stereocenters. The van der Waals surface area contributed by atoms with Crippen LogP contribution in [0, 0.1) is 0 Å². The van der Waals surface area contributed by atoms with Crippen molar-refractivity contribution in [3.63, 3.8) is 0 Å². The van der Waals surface area contributed by atoms with Gasteiger partial charge in [-0.25, -0.2) is 9.48 Å². The number of hydrogen-bond acceptors (Lipinski definition) is 4. The van der Waals surface area contributed by atoms with Gasteiger partial charge in [-0.2, -0.15) is 5.10 Å². The van der Waals surface area contributed by atoms with Crippen LogP contribution in [0.5, 0.6) is 0 Å². The van der Waals surface area contributed by atoms with E-state index < -0.39 is 17.6 Å². The zero-order valence-electron chi connectivity index (χ0n) is 11.8. The topological polar surface area (TPSA) is 101 Å². The SMILES string of the molecule is O=C(O)c1nn(C2CCCCNC2=O)c(=O)c2ccccc12. The molecule has 1 aromatic heterocycles. The van der Waals surface area contributed by atoms with Crippen molar-refractivity contribution in [3.05, 3.63) is 40.3 Å². The maximum absolute atomic E-state index is 12.6. The molecule has 2 N–H and O–H groups in total. The van der Waals surface area contributed by atoms with Gasteiger partial charge in [0.25, 0.3) is 5.56 Å². The summed E-state index contributed by atoms with van der Waals surface area (Å²) in [6.07, 6.45) is 2.07. The molecule has 2 heterocycles. The minimum absolute atomic E-state index is 0.216. The van der Waals surface area contributed by atoms with Crippen LogP contribution in [0.4, 0.5) is 0 Å². The summed E-state index contributed by atoms with van der Waals surface area (Å²) in [4.78, 5) is 36.1. The van der Waals surface area contributed by atoms with Crippen LogP contribution in [0.1, 0.15) is 35.8 Å². The number of fused-ring (bicyclic) bond motifs is 1. The second-order valence-corrected chi connectivity index (χ2v) is 5.25. The van der Waals surface area contributed by atoms with Gasteiger partial charge in [0.2, 0.25) is 5.91 Å². The minimum Gasteiger partial charge on any atom is -0.476 e. The van der Waals surface area contributed by atoms with Crippen molar-refractivity contribution in [1.29, 1.82) is 0 Å². The lowest BCUT2D eigenvalue weighted by molar-refractivity contribution is -0.124. The lowest BCUT2D eigenvalue weighted by Crippen LogP contribution is -2.38. The number of aromatic carboxylic acids is 1. The summed E-state index contributed by atoms with van der Waals surface area (Å²) in [5.41, 5.74) is -0.658. The molecule has 7 heteroatoms. The van der Waals surface area contributed by atoms with Gasteiger partial charge in [-0.3, -0.25) is 9.59 Å². The van der Waals surface area contributed by atoms with Gasteiger partial charge in [0.05, 0.1) is 5.39 Å². The highest BCUT2D eigenvalue weighted by molar-refractivity contribution is 6.01. The third kappa shape index (κ3) is 2.34. The van der Waals surface area contributed by atoms with Crippen molar-refractivity contribution in [2.75, 3.05) is 6.54 Å². The number of carbonyl (C=O) groups is 2. The molecular formula is C15H15N3O4. The van der Waals surface area contributed by atoms with E-state index >= 15 is 0 Å². The zero-order valence-corrected chi connectivity index (χ0v) is 11.8. The molecule has 1 aromatic carbocycles. The number of nitrogens with zero attached hydrogens (tertiary/aromatic N) is 2. The first-order valence-corrected chi connectivity index (χ1v) is 7.12. The highest BCUT2D eigenvalue weighted by Gasteiger charge is 2.27. The van der Waals surface area contributed by atoms with Crippen LogP contribution < -0.4 is 10.9 Å². The number of hydrogen-bond donors (Lipinski definition) is 2. The van der Waals surface area contributed by atoms with Crippen molar-refractivity contribution in [2.24, 2.45) is 0 Å². The summed E-state index contributed by atoms with van der Waals surface area (Å²) >= 11 is 0. The molecule has 1 amide bonds. The first-order valence-electron chi connectivity index (χ1n) is 7.12. The van der Waals surface area contributed by atoms with Crippen molar-refractivity contribution in [1.82, 2.24) is 15.1 Å². The van der Waals surface area contributed by atoms with E-state index in [4.69, 9.17) is 0 Å². The molecule has 7 nitrogen and oxygen atoms in total. The normalized spacial score (nSPS) is 18.7. The van der Waals surface area contributed by atoms with Gasteiger partial charge in [0, 0.05) is 11.9 Å². The number of aromatic nitrogens is 2.